The third-order valence-electron chi connectivity index (χ3n) is 3.17. The highest BCUT2D eigenvalue weighted by atomic mass is 16.6. The van der Waals surface area contributed by atoms with Crippen molar-refractivity contribution in [2.45, 2.75) is 6.54 Å². The summed E-state index contributed by atoms with van der Waals surface area (Å²) in [6.07, 6.45) is 1.80. The molecule has 0 atom stereocenters. The van der Waals surface area contributed by atoms with E-state index in [2.05, 4.69) is 5.10 Å². The Labute approximate surface area is 114 Å². The molecule has 0 aliphatic carbocycles. The van der Waals surface area contributed by atoms with Crippen molar-refractivity contribution in [1.29, 1.82) is 0 Å². The second-order valence-electron chi connectivity index (χ2n) is 4.51. The van der Waals surface area contributed by atoms with Crippen LogP contribution in [-0.4, -0.2) is 14.7 Å². The molecule has 0 aliphatic rings. The Kier molecular flexibility index (Phi) is 2.83. The molecule has 3 rings (SSSR count). The van der Waals surface area contributed by atoms with E-state index in [0.717, 1.165) is 16.5 Å². The number of fused-ring (bicyclic) bond motifs is 1. The van der Waals surface area contributed by atoms with Crippen molar-refractivity contribution in [2.24, 2.45) is 0 Å². The molecule has 20 heavy (non-hydrogen) atoms. The normalized spacial score (nSPS) is 10.8. The fourth-order valence-corrected chi connectivity index (χ4v) is 2.19. The van der Waals surface area contributed by atoms with E-state index in [1.54, 1.807) is 18.3 Å². The maximum atomic E-state index is 10.7. The van der Waals surface area contributed by atoms with E-state index in [1.165, 1.54) is 6.07 Å². The standard InChI is InChI=1S/C14H12N4O2/c15-12-7-10(5-6-14(12)18(19)20)9-17-13-4-2-1-3-11(13)8-16-17/h1-8H,9,15H2. The Bertz CT molecular complexity index is 795. The number of nitrogens with zero attached hydrogens (tertiary/aromatic N) is 3. The molecule has 0 radical (unpaired) electrons. The average Bonchev–Trinajstić information content (AvgIpc) is 2.82. The lowest BCUT2D eigenvalue weighted by Gasteiger charge is -2.05. The summed E-state index contributed by atoms with van der Waals surface area (Å²) in [6.45, 7) is 0.524. The minimum Gasteiger partial charge on any atom is -0.393 e. The summed E-state index contributed by atoms with van der Waals surface area (Å²) in [5.74, 6) is 0. The number of nitrogen functional groups attached to an aromatic ring is 1. The number of para-hydroxylation sites is 1. The molecule has 1 heterocycles. The third kappa shape index (κ3) is 2.07. The first kappa shape index (κ1) is 12.2. The predicted octanol–water partition coefficient (Wildman–Crippen LogP) is 2.58. The largest absolute Gasteiger partial charge is 0.393 e. The molecule has 6 nitrogen and oxygen atoms in total. The first-order valence-corrected chi connectivity index (χ1v) is 6.08. The molecule has 0 fully saturated rings. The Morgan fingerprint density at radius 3 is 2.80 bits per heavy atom. The van der Waals surface area contributed by atoms with Gasteiger partial charge in [0.2, 0.25) is 0 Å². The molecule has 2 aromatic carbocycles. The van der Waals surface area contributed by atoms with Gasteiger partial charge in [0.05, 0.1) is 23.2 Å². The van der Waals surface area contributed by atoms with Crippen LogP contribution in [0.4, 0.5) is 11.4 Å². The molecule has 0 spiro atoms. The van der Waals surface area contributed by atoms with Gasteiger partial charge in [-0.3, -0.25) is 14.8 Å². The van der Waals surface area contributed by atoms with Crippen molar-refractivity contribution in [2.75, 3.05) is 5.73 Å². The number of hydrogen-bond donors (Lipinski definition) is 1. The van der Waals surface area contributed by atoms with E-state index >= 15 is 0 Å². The molecular formula is C14H12N4O2. The zero-order valence-electron chi connectivity index (χ0n) is 10.6. The van der Waals surface area contributed by atoms with Gasteiger partial charge in [0, 0.05) is 11.5 Å². The van der Waals surface area contributed by atoms with Crippen molar-refractivity contribution in [3.63, 3.8) is 0 Å². The summed E-state index contributed by atoms with van der Waals surface area (Å²) in [6, 6.07) is 12.6. The summed E-state index contributed by atoms with van der Waals surface area (Å²) in [5.41, 5.74) is 7.69. The SMILES string of the molecule is Nc1cc(Cn2ncc3ccccc32)ccc1[N+](=O)[O-]. The number of nitrogens with two attached hydrogens (primary N) is 1. The van der Waals surface area contributed by atoms with Gasteiger partial charge in [-0.25, -0.2) is 0 Å². The van der Waals surface area contributed by atoms with Crippen molar-refractivity contribution in [3.05, 3.63) is 64.3 Å². The summed E-state index contributed by atoms with van der Waals surface area (Å²) in [5, 5.41) is 16.1. The molecule has 0 saturated heterocycles. The lowest BCUT2D eigenvalue weighted by Crippen LogP contribution is -2.03. The predicted molar refractivity (Wildman–Crippen MR) is 76.3 cm³/mol. The highest BCUT2D eigenvalue weighted by Crippen LogP contribution is 2.23. The van der Waals surface area contributed by atoms with Crippen molar-refractivity contribution >= 4 is 22.3 Å². The van der Waals surface area contributed by atoms with Gasteiger partial charge >= 0.3 is 0 Å². The molecular weight excluding hydrogens is 256 g/mol. The first-order valence-electron chi connectivity index (χ1n) is 6.08. The molecule has 2 N–H and O–H groups in total. The number of nitro groups is 1. The van der Waals surface area contributed by atoms with Crippen molar-refractivity contribution in [3.8, 4) is 0 Å². The quantitative estimate of drug-likeness (QED) is 0.449. The van der Waals surface area contributed by atoms with Crippen molar-refractivity contribution in [1.82, 2.24) is 9.78 Å². The van der Waals surface area contributed by atoms with Crippen molar-refractivity contribution < 1.29 is 4.92 Å². The Morgan fingerprint density at radius 2 is 2.05 bits per heavy atom. The van der Waals surface area contributed by atoms with E-state index in [0.29, 0.717) is 6.54 Å². The second kappa shape index (κ2) is 4.65. The Morgan fingerprint density at radius 1 is 1.25 bits per heavy atom. The number of rotatable bonds is 3. The van der Waals surface area contributed by atoms with E-state index in [-0.39, 0.29) is 11.4 Å². The van der Waals surface area contributed by atoms with Gasteiger partial charge in [0.1, 0.15) is 5.69 Å². The van der Waals surface area contributed by atoms with E-state index in [9.17, 15) is 10.1 Å². The van der Waals surface area contributed by atoms with Gasteiger partial charge in [0.15, 0.2) is 0 Å². The number of benzene rings is 2. The van der Waals surface area contributed by atoms with Crippen LogP contribution in [0.3, 0.4) is 0 Å². The van der Waals surface area contributed by atoms with Gasteiger partial charge in [-0.05, 0) is 17.7 Å². The topological polar surface area (TPSA) is 87.0 Å². The van der Waals surface area contributed by atoms with Gasteiger partial charge in [-0.2, -0.15) is 5.10 Å². The monoisotopic (exact) mass is 268 g/mol. The Balaban J connectivity index is 1.95. The maximum Gasteiger partial charge on any atom is 0.292 e. The van der Waals surface area contributed by atoms with E-state index in [4.69, 9.17) is 5.73 Å². The van der Waals surface area contributed by atoms with Crippen LogP contribution in [0.15, 0.2) is 48.7 Å². The minimum absolute atomic E-state index is 0.0703. The fraction of sp³-hybridized carbons (Fsp3) is 0.0714. The van der Waals surface area contributed by atoms with Gasteiger partial charge in [-0.1, -0.05) is 24.3 Å². The molecule has 1 aromatic heterocycles. The van der Waals surface area contributed by atoms with Crippen LogP contribution in [0.2, 0.25) is 0 Å². The number of anilines is 1. The van der Waals surface area contributed by atoms with Gasteiger partial charge in [-0.15, -0.1) is 0 Å². The van der Waals surface area contributed by atoms with Crippen LogP contribution in [-0.2, 0) is 6.54 Å². The molecule has 0 bridgehead atoms. The highest BCUT2D eigenvalue weighted by Gasteiger charge is 2.11. The number of hydrogen-bond acceptors (Lipinski definition) is 4. The molecule has 3 aromatic rings. The van der Waals surface area contributed by atoms with Gasteiger partial charge < -0.3 is 5.73 Å². The van der Waals surface area contributed by atoms with Crippen LogP contribution in [0.1, 0.15) is 5.56 Å². The van der Waals surface area contributed by atoms with E-state index < -0.39 is 4.92 Å². The van der Waals surface area contributed by atoms with Crippen LogP contribution in [0.5, 0.6) is 0 Å². The summed E-state index contributed by atoms with van der Waals surface area (Å²) in [7, 11) is 0. The number of aromatic nitrogens is 2. The Hall–Kier alpha value is -2.89. The number of nitro benzene ring substituents is 1. The average molecular weight is 268 g/mol. The molecule has 0 unspecified atom stereocenters. The van der Waals surface area contributed by atoms with Crippen LogP contribution < -0.4 is 5.73 Å². The first-order chi connectivity index (χ1) is 9.65. The smallest absolute Gasteiger partial charge is 0.292 e. The maximum absolute atomic E-state index is 10.7. The van der Waals surface area contributed by atoms with Gasteiger partial charge in [0.25, 0.3) is 5.69 Å². The van der Waals surface area contributed by atoms with Crippen LogP contribution in [0, 0.1) is 10.1 Å². The summed E-state index contributed by atoms with van der Waals surface area (Å²) in [4.78, 5) is 10.2. The molecule has 0 amide bonds. The minimum atomic E-state index is -0.484. The molecule has 0 saturated carbocycles. The summed E-state index contributed by atoms with van der Waals surface area (Å²) >= 11 is 0. The fourth-order valence-electron chi connectivity index (χ4n) is 2.19. The second-order valence-corrected chi connectivity index (χ2v) is 4.51. The van der Waals surface area contributed by atoms with E-state index in [1.807, 2.05) is 28.9 Å². The zero-order chi connectivity index (χ0) is 14.1. The van der Waals surface area contributed by atoms with Crippen LogP contribution >= 0.6 is 0 Å². The highest BCUT2D eigenvalue weighted by molar-refractivity contribution is 5.78. The molecule has 100 valence electrons. The lowest BCUT2D eigenvalue weighted by atomic mass is 10.1. The third-order valence-corrected chi connectivity index (χ3v) is 3.17. The van der Waals surface area contributed by atoms with Crippen LogP contribution in [0.25, 0.3) is 10.9 Å². The summed E-state index contributed by atoms with van der Waals surface area (Å²) < 4.78 is 1.84. The lowest BCUT2D eigenvalue weighted by molar-refractivity contribution is -0.383. The zero-order valence-corrected chi connectivity index (χ0v) is 10.6. The molecule has 6 heteroatoms. The molecule has 0 aliphatic heterocycles.